The van der Waals surface area contributed by atoms with E-state index in [1.54, 1.807) is 0 Å². The lowest BCUT2D eigenvalue weighted by Crippen LogP contribution is -2.04. The molecule has 1 atom stereocenters. The Balaban J connectivity index is 3.45. The van der Waals surface area contributed by atoms with Gasteiger partial charge in [0.1, 0.15) is 5.78 Å². The maximum atomic E-state index is 10.9. The molecule has 1 unspecified atom stereocenters. The Kier molecular flexibility index (Phi) is 6.20. The Labute approximate surface area is 79.1 Å². The van der Waals surface area contributed by atoms with Gasteiger partial charge < -0.3 is 5.11 Å². The van der Waals surface area contributed by atoms with Crippen LogP contribution in [0.5, 0.6) is 0 Å². The molecule has 0 saturated carbocycles. The number of aliphatic carboxylic acids is 1. The summed E-state index contributed by atoms with van der Waals surface area (Å²) in [6.45, 7) is 3.84. The van der Waals surface area contributed by atoms with Gasteiger partial charge in [-0.3, -0.25) is 9.59 Å². The van der Waals surface area contributed by atoms with Gasteiger partial charge in [-0.25, -0.2) is 0 Å². The van der Waals surface area contributed by atoms with Crippen LogP contribution in [0.1, 0.15) is 46.0 Å². The third kappa shape index (κ3) is 7.50. The number of rotatable bonds is 7. The Morgan fingerprint density at radius 2 is 1.77 bits per heavy atom. The van der Waals surface area contributed by atoms with Crippen LogP contribution in [0.3, 0.4) is 0 Å². The third-order valence-corrected chi connectivity index (χ3v) is 2.16. The highest BCUT2D eigenvalue weighted by Crippen LogP contribution is 2.13. The average Bonchev–Trinajstić information content (AvgIpc) is 2.10. The first-order valence-electron chi connectivity index (χ1n) is 4.79. The average molecular weight is 186 g/mol. The van der Waals surface area contributed by atoms with Crippen molar-refractivity contribution in [1.29, 1.82) is 0 Å². The standard InChI is InChI=1S/C10H18O3/c1-3-9(11)6-4-8(2)5-7-10(12)13/h8H,3-7H2,1-2H3,(H,12,13). The molecule has 0 aliphatic heterocycles. The summed E-state index contributed by atoms with van der Waals surface area (Å²) in [6.07, 6.45) is 2.89. The topological polar surface area (TPSA) is 54.4 Å². The van der Waals surface area contributed by atoms with E-state index in [-0.39, 0.29) is 12.2 Å². The summed E-state index contributed by atoms with van der Waals surface area (Å²) in [7, 11) is 0. The Morgan fingerprint density at radius 1 is 1.23 bits per heavy atom. The van der Waals surface area contributed by atoms with E-state index in [1.165, 1.54) is 0 Å². The molecule has 1 N–H and O–H groups in total. The molecule has 0 aromatic carbocycles. The Bertz CT molecular complexity index is 175. The Hall–Kier alpha value is -0.860. The van der Waals surface area contributed by atoms with Gasteiger partial charge in [-0.1, -0.05) is 13.8 Å². The molecule has 3 nitrogen and oxygen atoms in total. The van der Waals surface area contributed by atoms with Crippen molar-refractivity contribution in [3.05, 3.63) is 0 Å². The van der Waals surface area contributed by atoms with Gasteiger partial charge in [-0.2, -0.15) is 0 Å². The molecule has 0 spiro atoms. The molecule has 76 valence electrons. The summed E-state index contributed by atoms with van der Waals surface area (Å²) in [5.41, 5.74) is 0. The molecule has 0 aromatic rings. The van der Waals surface area contributed by atoms with E-state index >= 15 is 0 Å². The SMILES string of the molecule is CCC(=O)CCC(C)CCC(=O)O. The van der Waals surface area contributed by atoms with Crippen molar-refractivity contribution in [2.75, 3.05) is 0 Å². The first-order valence-corrected chi connectivity index (χ1v) is 4.79. The highest BCUT2D eigenvalue weighted by atomic mass is 16.4. The van der Waals surface area contributed by atoms with E-state index in [0.29, 0.717) is 25.2 Å². The molecule has 0 aliphatic rings. The van der Waals surface area contributed by atoms with E-state index < -0.39 is 5.97 Å². The normalized spacial score (nSPS) is 12.5. The highest BCUT2D eigenvalue weighted by molar-refractivity contribution is 5.77. The predicted octanol–water partition coefficient (Wildman–Crippen LogP) is 2.25. The minimum atomic E-state index is -0.756. The minimum absolute atomic E-state index is 0.210. The van der Waals surface area contributed by atoms with Crippen LogP contribution in [0.15, 0.2) is 0 Å². The zero-order valence-corrected chi connectivity index (χ0v) is 8.38. The number of carboxylic acid groups (broad SMARTS) is 1. The number of ketones is 1. The van der Waals surface area contributed by atoms with Gasteiger partial charge in [0.2, 0.25) is 0 Å². The fourth-order valence-electron chi connectivity index (χ4n) is 1.10. The second kappa shape index (κ2) is 6.63. The molecule has 0 fully saturated rings. The van der Waals surface area contributed by atoms with Gasteiger partial charge in [-0.15, -0.1) is 0 Å². The molecular weight excluding hydrogens is 168 g/mol. The van der Waals surface area contributed by atoms with Crippen molar-refractivity contribution in [1.82, 2.24) is 0 Å². The van der Waals surface area contributed by atoms with E-state index in [2.05, 4.69) is 0 Å². The zero-order valence-electron chi connectivity index (χ0n) is 8.38. The maximum Gasteiger partial charge on any atom is 0.303 e. The van der Waals surface area contributed by atoms with Gasteiger partial charge in [0.05, 0.1) is 0 Å². The molecule has 0 saturated heterocycles. The van der Waals surface area contributed by atoms with Crippen molar-refractivity contribution in [2.45, 2.75) is 46.0 Å². The largest absolute Gasteiger partial charge is 0.481 e. The van der Waals surface area contributed by atoms with Gasteiger partial charge in [0.15, 0.2) is 0 Å². The van der Waals surface area contributed by atoms with Crippen LogP contribution < -0.4 is 0 Å². The quantitative estimate of drug-likeness (QED) is 0.663. The van der Waals surface area contributed by atoms with Crippen LogP contribution in [-0.2, 0) is 9.59 Å². The third-order valence-electron chi connectivity index (χ3n) is 2.16. The number of carbonyl (C=O) groups is 2. The monoisotopic (exact) mass is 186 g/mol. The van der Waals surface area contributed by atoms with Crippen LogP contribution in [-0.4, -0.2) is 16.9 Å². The van der Waals surface area contributed by atoms with Crippen molar-refractivity contribution in [3.63, 3.8) is 0 Å². The molecule has 0 bridgehead atoms. The summed E-state index contributed by atoms with van der Waals surface area (Å²) in [5, 5.41) is 8.42. The smallest absolute Gasteiger partial charge is 0.303 e. The number of hydrogen-bond donors (Lipinski definition) is 1. The van der Waals surface area contributed by atoms with Crippen LogP contribution in [0.25, 0.3) is 0 Å². The fourth-order valence-corrected chi connectivity index (χ4v) is 1.10. The van der Waals surface area contributed by atoms with Crippen molar-refractivity contribution in [2.24, 2.45) is 5.92 Å². The van der Waals surface area contributed by atoms with E-state index in [1.807, 2.05) is 13.8 Å². The zero-order chi connectivity index (χ0) is 10.3. The summed E-state index contributed by atoms with van der Waals surface area (Å²) in [6, 6.07) is 0. The summed E-state index contributed by atoms with van der Waals surface area (Å²) >= 11 is 0. The van der Waals surface area contributed by atoms with Crippen molar-refractivity contribution in [3.8, 4) is 0 Å². The van der Waals surface area contributed by atoms with Crippen LogP contribution in [0, 0.1) is 5.92 Å². The highest BCUT2D eigenvalue weighted by Gasteiger charge is 2.07. The molecule has 0 aliphatic carbocycles. The van der Waals surface area contributed by atoms with Crippen LogP contribution >= 0.6 is 0 Å². The summed E-state index contributed by atoms with van der Waals surface area (Å²) in [4.78, 5) is 21.2. The van der Waals surface area contributed by atoms with Gasteiger partial charge in [0.25, 0.3) is 0 Å². The van der Waals surface area contributed by atoms with E-state index in [4.69, 9.17) is 5.11 Å². The molecule has 13 heavy (non-hydrogen) atoms. The number of carbonyl (C=O) groups excluding carboxylic acids is 1. The van der Waals surface area contributed by atoms with Gasteiger partial charge >= 0.3 is 5.97 Å². The molecule has 0 heterocycles. The Morgan fingerprint density at radius 3 is 2.23 bits per heavy atom. The molecule has 3 heteroatoms. The lowest BCUT2D eigenvalue weighted by atomic mass is 9.98. The predicted molar refractivity (Wildman–Crippen MR) is 50.6 cm³/mol. The lowest BCUT2D eigenvalue weighted by molar-refractivity contribution is -0.137. The first kappa shape index (κ1) is 12.1. The lowest BCUT2D eigenvalue weighted by Gasteiger charge is -2.07. The number of carboxylic acids is 1. The van der Waals surface area contributed by atoms with Gasteiger partial charge in [0, 0.05) is 19.3 Å². The first-order chi connectivity index (χ1) is 6.06. The molecule has 0 amide bonds. The second-order valence-corrected chi connectivity index (χ2v) is 3.47. The van der Waals surface area contributed by atoms with Crippen molar-refractivity contribution < 1.29 is 14.7 Å². The van der Waals surface area contributed by atoms with Crippen molar-refractivity contribution >= 4 is 11.8 Å². The molecular formula is C10H18O3. The molecule has 0 rings (SSSR count). The maximum absolute atomic E-state index is 10.9. The number of hydrogen-bond acceptors (Lipinski definition) is 2. The molecule has 0 radical (unpaired) electrons. The molecule has 0 aromatic heterocycles. The van der Waals surface area contributed by atoms with Gasteiger partial charge in [-0.05, 0) is 18.8 Å². The minimum Gasteiger partial charge on any atom is -0.481 e. The fraction of sp³-hybridized carbons (Fsp3) is 0.800. The second-order valence-electron chi connectivity index (χ2n) is 3.47. The number of Topliss-reactive ketones (excluding diaryl/α,β-unsaturated/α-hetero) is 1. The van der Waals surface area contributed by atoms with Crippen LogP contribution in [0.2, 0.25) is 0 Å². The van der Waals surface area contributed by atoms with E-state index in [9.17, 15) is 9.59 Å². The summed E-state index contributed by atoms with van der Waals surface area (Å²) < 4.78 is 0. The summed E-state index contributed by atoms with van der Waals surface area (Å²) in [5.74, 6) is -0.151. The van der Waals surface area contributed by atoms with Crippen LogP contribution in [0.4, 0.5) is 0 Å². The van der Waals surface area contributed by atoms with E-state index in [0.717, 1.165) is 6.42 Å².